The molecule has 3 rings (SSSR count). The summed E-state index contributed by atoms with van der Waals surface area (Å²) in [6.07, 6.45) is 0.807. The fraction of sp³-hybridized carbons (Fsp3) is 0.200. The van der Waals surface area contributed by atoms with Crippen molar-refractivity contribution in [3.8, 4) is 5.75 Å². The van der Waals surface area contributed by atoms with Gasteiger partial charge in [0.05, 0.1) is 12.7 Å². The monoisotopic (exact) mass is 356 g/mol. The van der Waals surface area contributed by atoms with Gasteiger partial charge < -0.3 is 13.9 Å². The fourth-order valence-electron chi connectivity index (χ4n) is 2.63. The van der Waals surface area contributed by atoms with E-state index in [4.69, 9.17) is 13.9 Å². The number of hydrogen-bond acceptors (Lipinski definition) is 5. The van der Waals surface area contributed by atoms with Crippen LogP contribution in [-0.4, -0.2) is 13.1 Å². The third-order valence-corrected chi connectivity index (χ3v) is 4.05. The van der Waals surface area contributed by atoms with Crippen LogP contribution in [0.15, 0.2) is 51.7 Å². The molecule has 0 N–H and O–H groups in total. The Morgan fingerprint density at radius 1 is 1.15 bits per heavy atom. The van der Waals surface area contributed by atoms with Gasteiger partial charge in [-0.05, 0) is 36.2 Å². The van der Waals surface area contributed by atoms with Gasteiger partial charge in [-0.1, -0.05) is 19.1 Å². The highest BCUT2D eigenvalue weighted by molar-refractivity contribution is 5.90. The lowest BCUT2D eigenvalue weighted by Crippen LogP contribution is -2.08. The van der Waals surface area contributed by atoms with E-state index in [1.807, 2.05) is 19.1 Å². The van der Waals surface area contributed by atoms with E-state index >= 15 is 0 Å². The first-order chi connectivity index (χ1) is 12.5. The van der Waals surface area contributed by atoms with Crippen LogP contribution in [0.1, 0.15) is 28.4 Å². The highest BCUT2D eigenvalue weighted by Gasteiger charge is 2.13. The summed E-state index contributed by atoms with van der Waals surface area (Å²) >= 11 is 0. The quantitative estimate of drug-likeness (QED) is 0.513. The van der Waals surface area contributed by atoms with E-state index < -0.39 is 17.4 Å². The van der Waals surface area contributed by atoms with Crippen molar-refractivity contribution >= 4 is 16.9 Å². The maximum Gasteiger partial charge on any atom is 0.338 e. The van der Waals surface area contributed by atoms with Crippen LogP contribution in [0.5, 0.6) is 5.75 Å². The molecule has 0 saturated heterocycles. The van der Waals surface area contributed by atoms with Crippen molar-refractivity contribution in [1.82, 2.24) is 0 Å². The molecule has 0 saturated carbocycles. The second kappa shape index (κ2) is 7.39. The molecule has 0 aliphatic heterocycles. The highest BCUT2D eigenvalue weighted by Crippen LogP contribution is 2.21. The van der Waals surface area contributed by atoms with Crippen molar-refractivity contribution in [2.75, 3.05) is 7.11 Å². The molecule has 0 fully saturated rings. The number of aryl methyl sites for hydroxylation is 1. The molecule has 0 aliphatic carbocycles. The number of halogens is 1. The zero-order chi connectivity index (χ0) is 18.7. The fourth-order valence-corrected chi connectivity index (χ4v) is 2.63. The molecule has 134 valence electrons. The lowest BCUT2D eigenvalue weighted by atomic mass is 10.1. The van der Waals surface area contributed by atoms with Crippen molar-refractivity contribution in [3.63, 3.8) is 0 Å². The Bertz CT molecular complexity index is 1020. The molecular formula is C20H17FO5. The second-order valence-electron chi connectivity index (χ2n) is 5.70. The minimum Gasteiger partial charge on any atom is -0.494 e. The molecule has 3 aromatic rings. The summed E-state index contributed by atoms with van der Waals surface area (Å²) in [4.78, 5) is 23.9. The summed E-state index contributed by atoms with van der Waals surface area (Å²) in [7, 11) is 1.34. The van der Waals surface area contributed by atoms with Gasteiger partial charge in [0, 0.05) is 17.0 Å². The lowest BCUT2D eigenvalue weighted by molar-refractivity contribution is 0.0473. The van der Waals surface area contributed by atoms with Crippen molar-refractivity contribution in [1.29, 1.82) is 0 Å². The topological polar surface area (TPSA) is 65.7 Å². The summed E-state index contributed by atoms with van der Waals surface area (Å²) in [5.41, 5.74) is 1.54. The average Bonchev–Trinajstić information content (AvgIpc) is 2.64. The number of benzene rings is 2. The zero-order valence-corrected chi connectivity index (χ0v) is 14.4. The van der Waals surface area contributed by atoms with Crippen molar-refractivity contribution in [2.45, 2.75) is 20.0 Å². The molecule has 0 amide bonds. The summed E-state index contributed by atoms with van der Waals surface area (Å²) in [5.74, 6) is -1.31. The van der Waals surface area contributed by atoms with Crippen LogP contribution in [0.4, 0.5) is 4.39 Å². The number of hydrogen-bond donors (Lipinski definition) is 0. The Hall–Kier alpha value is -3.15. The van der Waals surface area contributed by atoms with Gasteiger partial charge in [0.25, 0.3) is 0 Å². The highest BCUT2D eigenvalue weighted by atomic mass is 19.1. The maximum absolute atomic E-state index is 13.7. The molecular weight excluding hydrogens is 339 g/mol. The first-order valence-corrected chi connectivity index (χ1v) is 8.08. The molecule has 0 atom stereocenters. The molecule has 0 bridgehead atoms. The Morgan fingerprint density at radius 3 is 2.65 bits per heavy atom. The molecule has 0 unspecified atom stereocenters. The smallest absolute Gasteiger partial charge is 0.338 e. The van der Waals surface area contributed by atoms with Gasteiger partial charge in [-0.15, -0.1) is 0 Å². The van der Waals surface area contributed by atoms with E-state index in [2.05, 4.69) is 0 Å². The predicted molar refractivity (Wildman–Crippen MR) is 93.9 cm³/mol. The van der Waals surface area contributed by atoms with Crippen LogP contribution < -0.4 is 10.4 Å². The molecule has 0 aliphatic rings. The third kappa shape index (κ3) is 3.59. The first kappa shape index (κ1) is 17.7. The van der Waals surface area contributed by atoms with Gasteiger partial charge >= 0.3 is 11.6 Å². The number of rotatable bonds is 5. The molecule has 5 nitrogen and oxygen atoms in total. The van der Waals surface area contributed by atoms with Gasteiger partial charge in [0.2, 0.25) is 0 Å². The number of ether oxygens (including phenoxy) is 2. The Morgan fingerprint density at radius 2 is 1.96 bits per heavy atom. The van der Waals surface area contributed by atoms with Crippen LogP contribution in [0.25, 0.3) is 11.0 Å². The molecule has 1 aromatic heterocycles. The minimum atomic E-state index is -0.696. The summed E-state index contributed by atoms with van der Waals surface area (Å²) < 4.78 is 29.0. The number of carbonyl (C=O) groups is 1. The van der Waals surface area contributed by atoms with Crippen LogP contribution in [-0.2, 0) is 17.8 Å². The van der Waals surface area contributed by atoms with Crippen LogP contribution in [0.2, 0.25) is 0 Å². The summed E-state index contributed by atoms with van der Waals surface area (Å²) in [6, 6.07) is 10.6. The molecule has 0 radical (unpaired) electrons. The molecule has 26 heavy (non-hydrogen) atoms. The van der Waals surface area contributed by atoms with E-state index in [9.17, 15) is 14.0 Å². The lowest BCUT2D eigenvalue weighted by Gasteiger charge is -2.09. The molecule has 2 aromatic carbocycles. The SMILES string of the molecule is CCc1ccc2c(COC(=O)c3ccc(OC)c(F)c3)cc(=O)oc2c1. The largest absolute Gasteiger partial charge is 0.494 e. The van der Waals surface area contributed by atoms with E-state index in [0.29, 0.717) is 16.5 Å². The first-order valence-electron chi connectivity index (χ1n) is 8.08. The van der Waals surface area contributed by atoms with Crippen molar-refractivity contribution in [2.24, 2.45) is 0 Å². The minimum absolute atomic E-state index is 0.0416. The third-order valence-electron chi connectivity index (χ3n) is 4.05. The van der Waals surface area contributed by atoms with E-state index in [0.717, 1.165) is 18.1 Å². The zero-order valence-electron chi connectivity index (χ0n) is 14.4. The molecule has 1 heterocycles. The average molecular weight is 356 g/mol. The van der Waals surface area contributed by atoms with Crippen LogP contribution in [0.3, 0.4) is 0 Å². The summed E-state index contributed by atoms with van der Waals surface area (Å²) in [6.45, 7) is 1.87. The molecule has 0 spiro atoms. The van der Waals surface area contributed by atoms with Gasteiger partial charge in [0.15, 0.2) is 11.6 Å². The Labute approximate surface area is 149 Å². The van der Waals surface area contributed by atoms with E-state index in [1.54, 1.807) is 6.07 Å². The van der Waals surface area contributed by atoms with Gasteiger partial charge in [0.1, 0.15) is 12.2 Å². The summed E-state index contributed by atoms with van der Waals surface area (Å²) in [5, 5.41) is 0.690. The number of esters is 1. The van der Waals surface area contributed by atoms with Crippen LogP contribution in [0, 0.1) is 5.82 Å². The normalized spacial score (nSPS) is 10.7. The van der Waals surface area contributed by atoms with Gasteiger partial charge in [-0.3, -0.25) is 0 Å². The standard InChI is InChI=1S/C20H17FO5/c1-3-12-4-6-15-14(10-19(22)26-18(15)8-12)11-25-20(23)13-5-7-17(24-2)16(21)9-13/h4-10H,3,11H2,1-2H3. The molecule has 6 heteroatoms. The second-order valence-corrected chi connectivity index (χ2v) is 5.70. The number of fused-ring (bicyclic) bond motifs is 1. The predicted octanol–water partition coefficient (Wildman–Crippen LogP) is 3.86. The maximum atomic E-state index is 13.7. The van der Waals surface area contributed by atoms with Crippen LogP contribution >= 0.6 is 0 Å². The van der Waals surface area contributed by atoms with Crippen molar-refractivity contribution in [3.05, 3.63) is 75.4 Å². The van der Waals surface area contributed by atoms with E-state index in [-0.39, 0.29) is 17.9 Å². The number of methoxy groups -OCH3 is 1. The van der Waals surface area contributed by atoms with Gasteiger partial charge in [-0.2, -0.15) is 0 Å². The number of carbonyl (C=O) groups excluding carboxylic acids is 1. The van der Waals surface area contributed by atoms with Gasteiger partial charge in [-0.25, -0.2) is 14.0 Å². The van der Waals surface area contributed by atoms with Crippen molar-refractivity contribution < 1.29 is 23.1 Å². The van der Waals surface area contributed by atoms with E-state index in [1.165, 1.54) is 25.3 Å². The Kier molecular flexibility index (Phi) is 5.02. The Balaban J connectivity index is 1.84.